The number of hydrogen-bond donors (Lipinski definition) is 0. The molecule has 0 aliphatic rings. The van der Waals surface area contributed by atoms with Gasteiger partial charge in [-0.25, -0.2) is 0 Å². The molecule has 2 unspecified atom stereocenters. The second kappa shape index (κ2) is 58.6. The molecule has 0 amide bonds. The lowest BCUT2D eigenvalue weighted by Gasteiger charge is -2.28. The van der Waals surface area contributed by atoms with Gasteiger partial charge in [0.15, 0.2) is 6.10 Å². The van der Waals surface area contributed by atoms with Gasteiger partial charge in [-0.05, 0) is 77.0 Å². The topological polar surface area (TPSA) is 111 Å². The number of nitrogens with zero attached hydrogens (tertiary/aromatic N) is 1. The number of esters is 2. The van der Waals surface area contributed by atoms with Gasteiger partial charge in [0.2, 0.25) is 0 Å². The van der Waals surface area contributed by atoms with E-state index in [1.54, 1.807) is 0 Å². The summed E-state index contributed by atoms with van der Waals surface area (Å²) in [4.78, 5) is 37.7. The maximum atomic E-state index is 12.8. The van der Waals surface area contributed by atoms with Crippen molar-refractivity contribution in [3.05, 3.63) is 97.2 Å². The molecule has 0 aliphatic heterocycles. The van der Waals surface area contributed by atoms with Gasteiger partial charge in [0.25, 0.3) is 7.82 Å². The largest absolute Gasteiger partial charge is 0.756 e. The molecular weight excluding hydrogens is 990 g/mol. The van der Waals surface area contributed by atoms with Crippen LogP contribution in [-0.4, -0.2) is 70.0 Å². The summed E-state index contributed by atoms with van der Waals surface area (Å²) >= 11 is 0. The highest BCUT2D eigenvalue weighted by Gasteiger charge is 2.21. The van der Waals surface area contributed by atoms with Crippen LogP contribution in [0.1, 0.15) is 271 Å². The summed E-state index contributed by atoms with van der Waals surface area (Å²) < 4.78 is 34.0. The van der Waals surface area contributed by atoms with Crippen LogP contribution >= 0.6 is 7.82 Å². The number of unbranched alkanes of at least 4 members (excludes halogenated alkanes) is 28. The van der Waals surface area contributed by atoms with Crippen LogP contribution in [-0.2, 0) is 32.7 Å². The zero-order valence-corrected chi connectivity index (χ0v) is 52.0. The molecule has 0 saturated heterocycles. The van der Waals surface area contributed by atoms with Crippen LogP contribution in [0.3, 0.4) is 0 Å². The van der Waals surface area contributed by atoms with E-state index in [9.17, 15) is 19.0 Å². The van der Waals surface area contributed by atoms with Crippen LogP contribution in [0.25, 0.3) is 0 Å². The minimum Gasteiger partial charge on any atom is -0.756 e. The predicted octanol–water partition coefficient (Wildman–Crippen LogP) is 19.7. The molecule has 9 nitrogen and oxygen atoms in total. The Bertz CT molecular complexity index is 1640. The van der Waals surface area contributed by atoms with Gasteiger partial charge in [0, 0.05) is 12.8 Å². The summed E-state index contributed by atoms with van der Waals surface area (Å²) in [7, 11) is 1.13. The van der Waals surface area contributed by atoms with Crippen molar-refractivity contribution in [1.29, 1.82) is 0 Å². The van der Waals surface area contributed by atoms with Crippen molar-refractivity contribution in [2.24, 2.45) is 0 Å². The number of phosphoric ester groups is 1. The van der Waals surface area contributed by atoms with Crippen LogP contribution in [0.4, 0.5) is 0 Å². The van der Waals surface area contributed by atoms with E-state index in [2.05, 4.69) is 98.9 Å². The number of phosphoric acid groups is 1. The van der Waals surface area contributed by atoms with E-state index in [0.29, 0.717) is 23.9 Å². The third-order valence-electron chi connectivity index (χ3n) is 13.6. The average Bonchev–Trinajstić information content (AvgIpc) is 3.40. The summed E-state index contributed by atoms with van der Waals surface area (Å²) in [5, 5.41) is 0. The minimum atomic E-state index is -4.65. The Kier molecular flexibility index (Phi) is 56.3. The van der Waals surface area contributed by atoms with E-state index in [0.717, 1.165) is 70.6 Å². The Morgan fingerprint density at radius 3 is 1.08 bits per heavy atom. The number of allylic oxidation sites excluding steroid dienone is 16. The monoisotopic (exact) mass is 1110 g/mol. The summed E-state index contributed by atoms with van der Waals surface area (Å²) in [6.07, 6.45) is 81.1. The zero-order valence-electron chi connectivity index (χ0n) is 51.1. The third-order valence-corrected chi connectivity index (χ3v) is 14.6. The van der Waals surface area contributed by atoms with Crippen molar-refractivity contribution in [2.75, 3.05) is 47.5 Å². The molecule has 0 spiro atoms. The lowest BCUT2D eigenvalue weighted by atomic mass is 10.0. The quantitative estimate of drug-likeness (QED) is 0.0195. The van der Waals surface area contributed by atoms with Crippen molar-refractivity contribution in [1.82, 2.24) is 0 Å². The summed E-state index contributed by atoms with van der Waals surface area (Å²) in [5.74, 6) is -0.924. The first-order valence-corrected chi connectivity index (χ1v) is 33.4. The summed E-state index contributed by atoms with van der Waals surface area (Å²) in [5.41, 5.74) is 0. The molecule has 450 valence electrons. The number of carbonyl (C=O) groups is 2. The highest BCUT2D eigenvalue weighted by atomic mass is 31.2. The number of rotatable bonds is 58. The highest BCUT2D eigenvalue weighted by Crippen LogP contribution is 2.38. The zero-order chi connectivity index (χ0) is 57.0. The molecule has 0 fully saturated rings. The molecule has 0 aliphatic carbocycles. The fraction of sp³-hybridized carbons (Fsp3) is 0.735. The minimum absolute atomic E-state index is 0.0430. The first-order chi connectivity index (χ1) is 38.0. The molecule has 78 heavy (non-hydrogen) atoms. The molecule has 0 aromatic rings. The van der Waals surface area contributed by atoms with E-state index < -0.39 is 32.5 Å². The molecule has 0 N–H and O–H groups in total. The summed E-state index contributed by atoms with van der Waals surface area (Å²) in [6, 6.07) is 0. The van der Waals surface area contributed by atoms with Crippen molar-refractivity contribution in [3.8, 4) is 0 Å². The standard InChI is InChI=1S/C68H120NO8P/c1-6-8-10-12-14-16-18-20-21-22-23-24-25-26-27-28-29-30-31-32-33-34-35-36-37-38-39-40-41-42-43-44-45-46-47-49-51-53-55-57-59-61-68(71)77-66(65-76-78(72,73)75-63-62-69(3,4)5)64-74-67(70)60-58-56-54-52-50-48-19-17-15-13-11-9-7-2/h8-11,14-17,20-21,23-24,48,50,54,56,66H,6-7,12-13,18-19,22,25-47,49,51-53,55,57-65H2,1-5H3/b10-8-,11-9-,16-14-,17-15-,21-20-,24-23-,50-48-,56-54-. The predicted molar refractivity (Wildman–Crippen MR) is 332 cm³/mol. The third kappa shape index (κ3) is 62.1. The van der Waals surface area contributed by atoms with Crippen molar-refractivity contribution < 1.29 is 42.1 Å². The van der Waals surface area contributed by atoms with Crippen molar-refractivity contribution in [3.63, 3.8) is 0 Å². The number of carbonyl (C=O) groups excluding carboxylic acids is 2. The van der Waals surface area contributed by atoms with Crippen LogP contribution in [0.5, 0.6) is 0 Å². The molecule has 0 saturated carbocycles. The smallest absolute Gasteiger partial charge is 0.306 e. The molecule has 0 heterocycles. The van der Waals surface area contributed by atoms with Gasteiger partial charge in [-0.3, -0.25) is 14.2 Å². The maximum Gasteiger partial charge on any atom is 0.306 e. The molecule has 0 rings (SSSR count). The average molecular weight is 1110 g/mol. The van der Waals surface area contributed by atoms with Gasteiger partial charge < -0.3 is 27.9 Å². The summed E-state index contributed by atoms with van der Waals surface area (Å²) in [6.45, 7) is 3.93. The molecule has 0 aromatic carbocycles. The number of ether oxygens (including phenoxy) is 2. The van der Waals surface area contributed by atoms with Crippen LogP contribution in [0, 0.1) is 0 Å². The van der Waals surface area contributed by atoms with E-state index in [1.807, 2.05) is 33.3 Å². The first kappa shape index (κ1) is 74.9. The molecule has 0 radical (unpaired) electrons. The molecule has 10 heteroatoms. The van der Waals surface area contributed by atoms with Gasteiger partial charge in [-0.15, -0.1) is 0 Å². The van der Waals surface area contributed by atoms with Gasteiger partial charge >= 0.3 is 11.9 Å². The van der Waals surface area contributed by atoms with Crippen LogP contribution < -0.4 is 4.89 Å². The van der Waals surface area contributed by atoms with E-state index in [-0.39, 0.29) is 26.1 Å². The lowest BCUT2D eigenvalue weighted by Crippen LogP contribution is -2.37. The van der Waals surface area contributed by atoms with Crippen LogP contribution in [0.15, 0.2) is 97.2 Å². The van der Waals surface area contributed by atoms with Gasteiger partial charge in [0.05, 0.1) is 27.7 Å². The van der Waals surface area contributed by atoms with Gasteiger partial charge in [-0.2, -0.15) is 0 Å². The van der Waals surface area contributed by atoms with Crippen molar-refractivity contribution in [2.45, 2.75) is 277 Å². The Hall–Kier alpha value is -3.07. The first-order valence-electron chi connectivity index (χ1n) is 31.9. The Labute approximate surface area is 481 Å². The van der Waals surface area contributed by atoms with Crippen molar-refractivity contribution >= 4 is 19.8 Å². The number of quaternary nitrogens is 1. The molecule has 0 bridgehead atoms. The molecule has 2 atom stereocenters. The number of likely N-dealkylation sites (N-methyl/N-ethyl adjacent to an activating group) is 1. The van der Waals surface area contributed by atoms with Gasteiger partial charge in [-0.1, -0.05) is 278 Å². The maximum absolute atomic E-state index is 12.8. The Balaban J connectivity index is 3.88. The molecule has 0 aromatic heterocycles. The van der Waals surface area contributed by atoms with Crippen LogP contribution in [0.2, 0.25) is 0 Å². The molecular formula is C68H120NO8P. The fourth-order valence-electron chi connectivity index (χ4n) is 8.78. The SMILES string of the molecule is CC/C=C\C/C=C\C/C=C\C/C=C\CCCCCCCCCCCCCCCCCCCCCCCCCCCCCCC(=O)OC(COC(=O)CC/C=C\C/C=C\C/C=C\C/C=C\CC)COP(=O)([O-])OCC[N+](C)(C)C. The highest BCUT2D eigenvalue weighted by molar-refractivity contribution is 7.45. The Morgan fingerprint density at radius 1 is 0.397 bits per heavy atom. The fourth-order valence-corrected chi connectivity index (χ4v) is 9.51. The normalized spacial score (nSPS) is 13.9. The van der Waals surface area contributed by atoms with E-state index in [1.165, 1.54) is 161 Å². The van der Waals surface area contributed by atoms with E-state index >= 15 is 0 Å². The number of hydrogen-bond acceptors (Lipinski definition) is 8. The Morgan fingerprint density at radius 2 is 0.718 bits per heavy atom. The lowest BCUT2D eigenvalue weighted by molar-refractivity contribution is -0.870. The second-order valence-electron chi connectivity index (χ2n) is 22.4. The van der Waals surface area contributed by atoms with Gasteiger partial charge in [0.1, 0.15) is 19.8 Å². The second-order valence-corrected chi connectivity index (χ2v) is 23.8. The van der Waals surface area contributed by atoms with E-state index in [4.69, 9.17) is 18.5 Å².